The Labute approximate surface area is 220 Å². The van der Waals surface area contributed by atoms with Gasteiger partial charge in [-0.3, -0.25) is 4.79 Å². The fourth-order valence-corrected chi connectivity index (χ4v) is 4.59. The minimum atomic E-state index is -0.144. The second-order valence-electron chi connectivity index (χ2n) is 10.7. The van der Waals surface area contributed by atoms with Crippen LogP contribution in [0, 0.1) is 0 Å². The van der Waals surface area contributed by atoms with Gasteiger partial charge in [-0.25, -0.2) is 0 Å². The Balaban J connectivity index is 1.48. The third-order valence-electron chi connectivity index (χ3n) is 6.71. The van der Waals surface area contributed by atoms with E-state index in [1.165, 1.54) is 68.9 Å². The zero-order valence-corrected chi connectivity index (χ0v) is 23.2. The van der Waals surface area contributed by atoms with Crippen molar-refractivity contribution < 1.29 is 18.8 Å². The molecule has 2 aromatic carbocycles. The lowest BCUT2D eigenvalue weighted by atomic mass is 10.0. The largest absolute Gasteiger partial charge is 0.490 e. The Hall–Kier alpha value is -2.33. The van der Waals surface area contributed by atoms with E-state index < -0.39 is 0 Å². The molecule has 0 unspecified atom stereocenters. The second kappa shape index (κ2) is 18.0. The van der Waals surface area contributed by atoms with Gasteiger partial charge in [-0.15, -0.1) is 0 Å². The summed E-state index contributed by atoms with van der Waals surface area (Å²) in [7, 11) is 4.40. The summed E-state index contributed by atoms with van der Waals surface area (Å²) in [5.41, 5.74) is 2.68. The van der Waals surface area contributed by atoms with Gasteiger partial charge in [0.05, 0.1) is 27.1 Å². The highest BCUT2D eigenvalue weighted by molar-refractivity contribution is 5.69. The quantitative estimate of drug-likeness (QED) is 0.107. The van der Waals surface area contributed by atoms with E-state index >= 15 is 0 Å². The Morgan fingerprint density at radius 3 is 2.03 bits per heavy atom. The first kappa shape index (κ1) is 29.9. The van der Waals surface area contributed by atoms with E-state index in [1.54, 1.807) is 0 Å². The van der Waals surface area contributed by atoms with E-state index in [2.05, 4.69) is 57.4 Å². The summed E-state index contributed by atoms with van der Waals surface area (Å²) in [4.78, 5) is 12.1. The zero-order chi connectivity index (χ0) is 25.9. The molecule has 0 N–H and O–H groups in total. The summed E-state index contributed by atoms with van der Waals surface area (Å²) in [5, 5.41) is 0. The number of rotatable bonds is 20. The van der Waals surface area contributed by atoms with Crippen molar-refractivity contribution in [3.8, 4) is 5.75 Å². The number of hydrogen-bond acceptors (Lipinski definition) is 3. The van der Waals surface area contributed by atoms with Crippen molar-refractivity contribution in [3.63, 3.8) is 0 Å². The van der Waals surface area contributed by atoms with Gasteiger partial charge in [0.1, 0.15) is 25.5 Å². The molecule has 0 fully saturated rings. The van der Waals surface area contributed by atoms with E-state index in [1.807, 2.05) is 18.2 Å². The molecule has 0 aliphatic carbocycles. The van der Waals surface area contributed by atoms with Crippen LogP contribution in [0.25, 0.3) is 0 Å². The smallest absolute Gasteiger partial charge is 0.306 e. The van der Waals surface area contributed by atoms with E-state index in [-0.39, 0.29) is 5.97 Å². The molecule has 0 amide bonds. The maximum atomic E-state index is 12.1. The number of aryl methyl sites for hydroxylation is 1. The normalized spacial score (nSPS) is 11.4. The number of carbonyl (C=O) groups excluding carboxylic acids is 1. The molecule has 0 radical (unpaired) electrons. The lowest BCUT2D eigenvalue weighted by Gasteiger charge is -2.29. The molecule has 0 saturated carbocycles. The van der Waals surface area contributed by atoms with Gasteiger partial charge in [0.2, 0.25) is 0 Å². The first-order chi connectivity index (χ1) is 17.5. The molecular weight excluding hydrogens is 446 g/mol. The van der Waals surface area contributed by atoms with Crippen LogP contribution in [-0.2, 0) is 22.5 Å². The maximum absolute atomic E-state index is 12.1. The Bertz CT molecular complexity index is 817. The van der Waals surface area contributed by atoms with Crippen molar-refractivity contribution in [1.82, 2.24) is 0 Å². The number of carbonyl (C=O) groups is 1. The molecule has 0 aliphatic rings. The van der Waals surface area contributed by atoms with Crippen LogP contribution in [0.3, 0.4) is 0 Å². The molecule has 0 atom stereocenters. The van der Waals surface area contributed by atoms with Gasteiger partial charge >= 0.3 is 5.97 Å². The van der Waals surface area contributed by atoms with Crippen molar-refractivity contribution in [2.24, 2.45) is 0 Å². The lowest BCUT2D eigenvalue weighted by molar-refractivity contribution is -0.903. The summed E-state index contributed by atoms with van der Waals surface area (Å²) in [5.74, 6) is 0.691. The van der Waals surface area contributed by atoms with Crippen LogP contribution in [-0.4, -0.2) is 44.3 Å². The Kier molecular flexibility index (Phi) is 14.9. The van der Waals surface area contributed by atoms with E-state index in [0.29, 0.717) is 19.6 Å². The number of ether oxygens (including phenoxy) is 2. The first-order valence-electron chi connectivity index (χ1n) is 14.2. The molecule has 0 heterocycles. The van der Waals surface area contributed by atoms with Crippen LogP contribution < -0.4 is 4.74 Å². The van der Waals surface area contributed by atoms with Crippen molar-refractivity contribution >= 4 is 5.97 Å². The average Bonchev–Trinajstić information content (AvgIpc) is 2.86. The maximum Gasteiger partial charge on any atom is 0.306 e. The number of esters is 1. The van der Waals surface area contributed by atoms with Gasteiger partial charge in [0.15, 0.2) is 0 Å². The molecule has 4 nitrogen and oxygen atoms in total. The molecule has 36 heavy (non-hydrogen) atoms. The van der Waals surface area contributed by atoms with E-state index in [0.717, 1.165) is 36.2 Å². The highest BCUT2D eigenvalue weighted by Gasteiger charge is 2.16. The van der Waals surface area contributed by atoms with Crippen molar-refractivity contribution in [2.45, 2.75) is 90.5 Å². The van der Waals surface area contributed by atoms with Crippen LogP contribution in [0.5, 0.6) is 5.75 Å². The van der Waals surface area contributed by atoms with Crippen LogP contribution in [0.1, 0.15) is 88.7 Å². The molecule has 0 bridgehead atoms. The SMILES string of the molecule is CCCCCCCCCCCc1ccc(OCCOC(=O)CCC[N+](C)(C)Cc2ccccc2)cc1. The molecular formula is C32H50NO3+. The lowest BCUT2D eigenvalue weighted by Crippen LogP contribution is -2.39. The van der Waals surface area contributed by atoms with Crippen molar-refractivity contribution in [2.75, 3.05) is 33.9 Å². The van der Waals surface area contributed by atoms with E-state index in [9.17, 15) is 4.79 Å². The number of nitrogens with zero attached hydrogens (tertiary/aromatic N) is 1. The topological polar surface area (TPSA) is 35.5 Å². The molecule has 0 spiro atoms. The average molecular weight is 497 g/mol. The number of benzene rings is 2. The van der Waals surface area contributed by atoms with Gasteiger partial charge in [-0.1, -0.05) is 101 Å². The fraction of sp³-hybridized carbons (Fsp3) is 0.594. The third-order valence-corrected chi connectivity index (χ3v) is 6.71. The zero-order valence-electron chi connectivity index (χ0n) is 23.2. The fourth-order valence-electron chi connectivity index (χ4n) is 4.59. The van der Waals surface area contributed by atoms with Gasteiger partial charge in [-0.2, -0.15) is 0 Å². The number of quaternary nitrogens is 1. The summed E-state index contributed by atoms with van der Waals surface area (Å²) in [6.45, 7) is 4.85. The van der Waals surface area contributed by atoms with Crippen LogP contribution in [0.15, 0.2) is 54.6 Å². The molecule has 200 valence electrons. The van der Waals surface area contributed by atoms with Crippen LogP contribution in [0.4, 0.5) is 0 Å². The molecule has 0 aliphatic heterocycles. The predicted molar refractivity (Wildman–Crippen MR) is 150 cm³/mol. The Morgan fingerprint density at radius 2 is 1.36 bits per heavy atom. The molecule has 2 aromatic rings. The van der Waals surface area contributed by atoms with Gasteiger partial charge in [-0.05, 0) is 30.5 Å². The minimum absolute atomic E-state index is 0.144. The van der Waals surface area contributed by atoms with Gasteiger partial charge in [0.25, 0.3) is 0 Å². The minimum Gasteiger partial charge on any atom is -0.490 e. The van der Waals surface area contributed by atoms with Gasteiger partial charge in [0, 0.05) is 12.0 Å². The van der Waals surface area contributed by atoms with Crippen LogP contribution >= 0.6 is 0 Å². The van der Waals surface area contributed by atoms with Crippen molar-refractivity contribution in [3.05, 3.63) is 65.7 Å². The first-order valence-corrected chi connectivity index (χ1v) is 14.2. The summed E-state index contributed by atoms with van der Waals surface area (Å²) >= 11 is 0. The highest BCUT2D eigenvalue weighted by Crippen LogP contribution is 2.16. The predicted octanol–water partition coefficient (Wildman–Crippen LogP) is 7.74. The summed E-state index contributed by atoms with van der Waals surface area (Å²) in [6.07, 6.45) is 14.6. The third kappa shape index (κ3) is 14.3. The highest BCUT2D eigenvalue weighted by atomic mass is 16.6. The summed E-state index contributed by atoms with van der Waals surface area (Å²) < 4.78 is 12.0. The molecule has 4 heteroatoms. The van der Waals surface area contributed by atoms with E-state index in [4.69, 9.17) is 9.47 Å². The molecule has 2 rings (SSSR count). The molecule has 0 aromatic heterocycles. The Morgan fingerprint density at radius 1 is 0.722 bits per heavy atom. The monoisotopic (exact) mass is 496 g/mol. The summed E-state index contributed by atoms with van der Waals surface area (Å²) in [6, 6.07) is 18.8. The number of unbranched alkanes of at least 4 members (excludes halogenated alkanes) is 8. The van der Waals surface area contributed by atoms with Gasteiger partial charge < -0.3 is 14.0 Å². The standard InChI is InChI=1S/C32H50NO3/c1-4-5-6-7-8-9-10-11-13-17-29-21-23-31(24-22-29)35-26-27-36-32(34)20-16-25-33(2,3)28-30-18-14-12-15-19-30/h12,14-15,18-19,21-24H,4-11,13,16-17,20,25-28H2,1-3H3/q+1. The second-order valence-corrected chi connectivity index (χ2v) is 10.7. The van der Waals surface area contributed by atoms with Crippen LogP contribution in [0.2, 0.25) is 0 Å². The molecule has 0 saturated heterocycles. The van der Waals surface area contributed by atoms with Crippen molar-refractivity contribution in [1.29, 1.82) is 0 Å². The number of hydrogen-bond donors (Lipinski definition) is 0.